The lowest BCUT2D eigenvalue weighted by Crippen LogP contribution is -2.45. The predicted octanol–water partition coefficient (Wildman–Crippen LogP) is 1.46. The number of carbonyl (C=O) groups is 2. The fourth-order valence-electron chi connectivity index (χ4n) is 2.04. The number of hydrogen-bond donors (Lipinski definition) is 2. The van der Waals surface area contributed by atoms with Crippen LogP contribution in [0.15, 0.2) is 11.4 Å². The highest BCUT2D eigenvalue weighted by Crippen LogP contribution is 2.32. The molecular weight excluding hydrogens is 240 g/mol. The molecule has 1 atom stereocenters. The zero-order valence-electron chi connectivity index (χ0n) is 9.47. The molecule has 1 aliphatic heterocycles. The maximum absolute atomic E-state index is 11.8. The number of nitrogens with one attached hydrogen (secondary N) is 1. The largest absolute Gasteiger partial charge is 0.480 e. The van der Waals surface area contributed by atoms with Gasteiger partial charge in [0.1, 0.15) is 6.54 Å². The number of carbonyl (C=O) groups excluding carboxylic acids is 1. The first-order valence-corrected chi connectivity index (χ1v) is 6.30. The van der Waals surface area contributed by atoms with Gasteiger partial charge in [-0.2, -0.15) is 0 Å². The Morgan fingerprint density at radius 2 is 2.41 bits per heavy atom. The first-order valence-electron chi connectivity index (χ1n) is 5.42. The number of aliphatic carboxylic acids is 1. The number of nitrogens with zero attached hydrogens (tertiary/aromatic N) is 1. The maximum Gasteiger partial charge on any atom is 0.323 e. The molecule has 0 aromatic carbocycles. The minimum atomic E-state index is -1.03. The Morgan fingerprint density at radius 3 is 3.12 bits per heavy atom. The van der Waals surface area contributed by atoms with E-state index in [4.69, 9.17) is 5.11 Å². The van der Waals surface area contributed by atoms with Gasteiger partial charge in [0.15, 0.2) is 0 Å². The van der Waals surface area contributed by atoms with E-state index in [1.165, 1.54) is 10.4 Å². The number of thiophene rings is 1. The van der Waals surface area contributed by atoms with Crippen molar-refractivity contribution in [2.24, 2.45) is 0 Å². The lowest BCUT2D eigenvalue weighted by Gasteiger charge is -2.33. The Bertz CT molecular complexity index is 444. The Hall–Kier alpha value is -1.56. The molecule has 0 fully saturated rings. The van der Waals surface area contributed by atoms with Crippen molar-refractivity contribution in [2.75, 3.05) is 13.1 Å². The molecule has 2 heterocycles. The lowest BCUT2D eigenvalue weighted by atomic mass is 10.0. The van der Waals surface area contributed by atoms with Gasteiger partial charge < -0.3 is 15.3 Å². The van der Waals surface area contributed by atoms with Crippen LogP contribution in [0.25, 0.3) is 0 Å². The molecule has 2 amide bonds. The third kappa shape index (κ3) is 2.41. The molecular formula is C11H14N2O3S. The summed E-state index contributed by atoms with van der Waals surface area (Å²) in [6, 6.07) is 1.73. The van der Waals surface area contributed by atoms with Crippen LogP contribution in [0.5, 0.6) is 0 Å². The highest BCUT2D eigenvalue weighted by Gasteiger charge is 2.28. The van der Waals surface area contributed by atoms with Gasteiger partial charge in [0.25, 0.3) is 0 Å². The smallest absolute Gasteiger partial charge is 0.323 e. The average molecular weight is 254 g/mol. The first kappa shape index (κ1) is 11.9. The third-order valence-electron chi connectivity index (χ3n) is 2.93. The van der Waals surface area contributed by atoms with Gasteiger partial charge in [-0.3, -0.25) is 4.79 Å². The van der Waals surface area contributed by atoms with Crippen LogP contribution in [-0.2, 0) is 11.2 Å². The molecule has 0 radical (unpaired) electrons. The quantitative estimate of drug-likeness (QED) is 0.839. The number of fused-ring (bicyclic) bond motifs is 1. The van der Waals surface area contributed by atoms with E-state index in [1.807, 2.05) is 18.4 Å². The van der Waals surface area contributed by atoms with Crippen molar-refractivity contribution in [2.45, 2.75) is 19.4 Å². The molecule has 0 saturated heterocycles. The summed E-state index contributed by atoms with van der Waals surface area (Å²) in [4.78, 5) is 25.2. The summed E-state index contributed by atoms with van der Waals surface area (Å²) >= 11 is 1.71. The SMILES string of the molecule is CC1c2ccsc2CCN1C(=O)NCC(=O)O. The van der Waals surface area contributed by atoms with Gasteiger partial charge in [-0.25, -0.2) is 4.79 Å². The number of carboxylic acids is 1. The van der Waals surface area contributed by atoms with Crippen molar-refractivity contribution in [3.05, 3.63) is 21.9 Å². The summed E-state index contributed by atoms with van der Waals surface area (Å²) < 4.78 is 0. The fraction of sp³-hybridized carbons (Fsp3) is 0.455. The monoisotopic (exact) mass is 254 g/mol. The normalized spacial score (nSPS) is 18.6. The van der Waals surface area contributed by atoms with Crippen molar-refractivity contribution in [1.82, 2.24) is 10.2 Å². The minimum Gasteiger partial charge on any atom is -0.480 e. The van der Waals surface area contributed by atoms with Gasteiger partial charge in [0.2, 0.25) is 0 Å². The summed E-state index contributed by atoms with van der Waals surface area (Å²) in [6.45, 7) is 2.27. The zero-order chi connectivity index (χ0) is 12.4. The van der Waals surface area contributed by atoms with E-state index < -0.39 is 5.97 Å². The molecule has 1 aromatic heterocycles. The van der Waals surface area contributed by atoms with Crippen molar-refractivity contribution < 1.29 is 14.7 Å². The summed E-state index contributed by atoms with van der Waals surface area (Å²) in [7, 11) is 0. The lowest BCUT2D eigenvalue weighted by molar-refractivity contribution is -0.135. The molecule has 1 aromatic rings. The molecule has 2 N–H and O–H groups in total. The number of hydrogen-bond acceptors (Lipinski definition) is 3. The first-order chi connectivity index (χ1) is 8.09. The summed E-state index contributed by atoms with van der Waals surface area (Å²) in [5.74, 6) is -1.03. The van der Waals surface area contributed by atoms with Crippen LogP contribution >= 0.6 is 11.3 Å². The Balaban J connectivity index is 2.04. The van der Waals surface area contributed by atoms with Crippen molar-refractivity contribution >= 4 is 23.3 Å². The molecule has 0 aliphatic carbocycles. The van der Waals surface area contributed by atoms with E-state index in [0.29, 0.717) is 6.54 Å². The van der Waals surface area contributed by atoms with Crippen molar-refractivity contribution in [3.8, 4) is 0 Å². The topological polar surface area (TPSA) is 69.6 Å². The Labute approximate surface area is 103 Å². The van der Waals surface area contributed by atoms with Gasteiger partial charge in [-0.05, 0) is 30.4 Å². The van der Waals surface area contributed by atoms with Crippen LogP contribution in [0.2, 0.25) is 0 Å². The molecule has 2 rings (SSSR count). The molecule has 17 heavy (non-hydrogen) atoms. The van der Waals surface area contributed by atoms with Gasteiger partial charge in [-0.1, -0.05) is 0 Å². The number of urea groups is 1. The van der Waals surface area contributed by atoms with E-state index in [2.05, 4.69) is 5.32 Å². The highest BCUT2D eigenvalue weighted by atomic mass is 32.1. The van der Waals surface area contributed by atoms with E-state index in [9.17, 15) is 9.59 Å². The van der Waals surface area contributed by atoms with Crippen LogP contribution in [0.4, 0.5) is 4.79 Å². The summed E-state index contributed by atoms with van der Waals surface area (Å²) in [5, 5.41) is 12.9. The van der Waals surface area contributed by atoms with Crippen LogP contribution in [0, 0.1) is 0 Å². The molecule has 1 unspecified atom stereocenters. The summed E-state index contributed by atoms with van der Waals surface area (Å²) in [6.07, 6.45) is 0.845. The van der Waals surface area contributed by atoms with Crippen LogP contribution in [0.1, 0.15) is 23.4 Å². The van der Waals surface area contributed by atoms with Crippen molar-refractivity contribution in [3.63, 3.8) is 0 Å². The molecule has 1 aliphatic rings. The summed E-state index contributed by atoms with van der Waals surface area (Å²) in [5.41, 5.74) is 1.17. The minimum absolute atomic E-state index is 0.0128. The van der Waals surface area contributed by atoms with Crippen molar-refractivity contribution in [1.29, 1.82) is 0 Å². The number of amides is 2. The Kier molecular flexibility index (Phi) is 3.33. The zero-order valence-corrected chi connectivity index (χ0v) is 10.3. The average Bonchev–Trinajstić information content (AvgIpc) is 2.75. The van der Waals surface area contributed by atoms with E-state index in [1.54, 1.807) is 16.2 Å². The van der Waals surface area contributed by atoms with Gasteiger partial charge in [0, 0.05) is 11.4 Å². The molecule has 92 valence electrons. The molecule has 0 saturated carbocycles. The standard InChI is InChI=1S/C11H14N2O3S/c1-7-8-3-5-17-9(8)2-4-13(7)11(16)12-6-10(14)15/h3,5,7H,2,4,6H2,1H3,(H,12,16)(H,14,15). The molecule has 0 spiro atoms. The van der Waals surface area contributed by atoms with E-state index in [0.717, 1.165) is 6.42 Å². The van der Waals surface area contributed by atoms with Crippen LogP contribution in [0.3, 0.4) is 0 Å². The van der Waals surface area contributed by atoms with Crippen LogP contribution < -0.4 is 5.32 Å². The van der Waals surface area contributed by atoms with Crippen LogP contribution in [-0.4, -0.2) is 35.1 Å². The highest BCUT2D eigenvalue weighted by molar-refractivity contribution is 7.10. The van der Waals surface area contributed by atoms with E-state index >= 15 is 0 Å². The molecule has 6 heteroatoms. The second kappa shape index (κ2) is 4.75. The number of carboxylic acid groups (broad SMARTS) is 1. The Morgan fingerprint density at radius 1 is 1.65 bits per heavy atom. The maximum atomic E-state index is 11.8. The van der Waals surface area contributed by atoms with Gasteiger partial charge >= 0.3 is 12.0 Å². The van der Waals surface area contributed by atoms with E-state index in [-0.39, 0.29) is 18.6 Å². The third-order valence-corrected chi connectivity index (χ3v) is 3.93. The second-order valence-corrected chi connectivity index (χ2v) is 4.97. The molecule has 5 nitrogen and oxygen atoms in total. The fourth-order valence-corrected chi connectivity index (χ4v) is 3.00. The number of rotatable bonds is 2. The van der Waals surface area contributed by atoms with Gasteiger partial charge in [0.05, 0.1) is 6.04 Å². The van der Waals surface area contributed by atoms with Gasteiger partial charge in [-0.15, -0.1) is 11.3 Å². The second-order valence-electron chi connectivity index (χ2n) is 3.97. The predicted molar refractivity (Wildman–Crippen MR) is 64.2 cm³/mol. The molecule has 0 bridgehead atoms.